The van der Waals surface area contributed by atoms with E-state index in [9.17, 15) is 4.79 Å². The molecule has 0 radical (unpaired) electrons. The van der Waals surface area contributed by atoms with Crippen LogP contribution in [0.15, 0.2) is 41.1 Å². The first-order valence-corrected chi connectivity index (χ1v) is 9.11. The maximum atomic E-state index is 13.1. The molecule has 0 saturated carbocycles. The highest BCUT2D eigenvalue weighted by atomic mass is 16.3. The molecule has 2 saturated heterocycles. The molecule has 132 valence electrons. The van der Waals surface area contributed by atoms with Crippen LogP contribution in [0.2, 0.25) is 0 Å². The first-order valence-electron chi connectivity index (χ1n) is 9.11. The minimum Gasteiger partial charge on any atom is -0.465 e. The van der Waals surface area contributed by atoms with Crippen molar-refractivity contribution < 1.29 is 9.21 Å². The molecule has 2 fully saturated rings. The van der Waals surface area contributed by atoms with Gasteiger partial charge in [0, 0.05) is 32.0 Å². The molecule has 25 heavy (non-hydrogen) atoms. The van der Waals surface area contributed by atoms with Crippen LogP contribution in [0.5, 0.6) is 0 Å². The van der Waals surface area contributed by atoms with Crippen molar-refractivity contribution in [3.63, 3.8) is 0 Å². The first-order chi connectivity index (χ1) is 12.1. The Morgan fingerprint density at radius 1 is 1.12 bits per heavy atom. The Bertz CT molecular complexity index is 742. The molecule has 2 aromatic rings. The third-order valence-corrected chi connectivity index (χ3v) is 5.56. The lowest BCUT2D eigenvalue weighted by Gasteiger charge is -2.38. The number of carbonyl (C=O) groups excluding carboxylic acids is 1. The Balaban J connectivity index is 1.43. The van der Waals surface area contributed by atoms with Crippen molar-refractivity contribution in [1.82, 2.24) is 14.8 Å². The molecule has 4 heterocycles. The molecule has 0 bridgehead atoms. The van der Waals surface area contributed by atoms with E-state index in [1.54, 1.807) is 12.4 Å². The third kappa shape index (κ3) is 3.33. The number of pyridine rings is 1. The van der Waals surface area contributed by atoms with Gasteiger partial charge in [-0.05, 0) is 62.6 Å². The monoisotopic (exact) mass is 339 g/mol. The number of hydrogen-bond acceptors (Lipinski definition) is 4. The van der Waals surface area contributed by atoms with E-state index in [0.29, 0.717) is 12.5 Å². The molecular weight excluding hydrogens is 314 g/mol. The first kappa shape index (κ1) is 16.3. The smallest absolute Gasteiger partial charge is 0.230 e. The fourth-order valence-corrected chi connectivity index (χ4v) is 4.28. The van der Waals surface area contributed by atoms with E-state index in [-0.39, 0.29) is 5.41 Å². The summed E-state index contributed by atoms with van der Waals surface area (Å²) in [6.07, 6.45) is 6.63. The quantitative estimate of drug-likeness (QED) is 0.859. The normalized spacial score (nSPS) is 24.4. The number of piperidine rings is 1. The second-order valence-electron chi connectivity index (χ2n) is 7.44. The van der Waals surface area contributed by atoms with Gasteiger partial charge in [-0.25, -0.2) is 0 Å². The maximum absolute atomic E-state index is 13.1. The van der Waals surface area contributed by atoms with Gasteiger partial charge in [0.2, 0.25) is 5.91 Å². The van der Waals surface area contributed by atoms with Crippen molar-refractivity contribution in [3.05, 3.63) is 53.7 Å². The number of rotatable bonds is 4. The zero-order chi connectivity index (χ0) is 17.3. The fraction of sp³-hybridized carbons (Fsp3) is 0.500. The second kappa shape index (κ2) is 6.64. The molecular formula is C20H25N3O2. The van der Waals surface area contributed by atoms with Gasteiger partial charge in [-0.2, -0.15) is 0 Å². The Morgan fingerprint density at radius 3 is 2.72 bits per heavy atom. The number of likely N-dealkylation sites (tertiary alicyclic amines) is 2. The van der Waals surface area contributed by atoms with Crippen LogP contribution in [0.25, 0.3) is 0 Å². The minimum atomic E-state index is -0.201. The predicted molar refractivity (Wildman–Crippen MR) is 94.7 cm³/mol. The van der Waals surface area contributed by atoms with E-state index in [0.717, 1.165) is 62.5 Å². The van der Waals surface area contributed by atoms with Gasteiger partial charge in [0.15, 0.2) is 0 Å². The number of amides is 1. The number of nitrogens with zero attached hydrogens (tertiary/aromatic N) is 3. The molecule has 2 aromatic heterocycles. The Morgan fingerprint density at radius 2 is 1.96 bits per heavy atom. The number of hydrogen-bond donors (Lipinski definition) is 0. The predicted octanol–water partition coefficient (Wildman–Crippen LogP) is 3.00. The van der Waals surface area contributed by atoms with E-state index in [1.807, 2.05) is 36.1 Å². The molecule has 0 N–H and O–H groups in total. The van der Waals surface area contributed by atoms with Gasteiger partial charge in [0.1, 0.15) is 11.5 Å². The van der Waals surface area contributed by atoms with Gasteiger partial charge >= 0.3 is 0 Å². The standard InChI is InChI=1S/C20H25N3O2/c1-16-3-4-18(25-16)14-22-11-2-7-20(15-22)8-12-23(19(20)24)13-17-5-9-21-10-6-17/h3-6,9-10H,2,7-8,11-15H2,1H3/t20-/m1/s1. The zero-order valence-corrected chi connectivity index (χ0v) is 14.8. The van der Waals surface area contributed by atoms with Gasteiger partial charge in [0.25, 0.3) is 0 Å². The van der Waals surface area contributed by atoms with Crippen LogP contribution in [0.1, 0.15) is 36.3 Å². The van der Waals surface area contributed by atoms with Gasteiger partial charge in [0.05, 0.1) is 12.0 Å². The number of aryl methyl sites for hydroxylation is 1. The maximum Gasteiger partial charge on any atom is 0.230 e. The molecule has 1 amide bonds. The van der Waals surface area contributed by atoms with Crippen LogP contribution in [0.4, 0.5) is 0 Å². The lowest BCUT2D eigenvalue weighted by atomic mass is 9.78. The summed E-state index contributed by atoms with van der Waals surface area (Å²) in [6.45, 7) is 6.21. The third-order valence-electron chi connectivity index (χ3n) is 5.56. The number of carbonyl (C=O) groups is 1. The van der Waals surface area contributed by atoms with E-state index in [4.69, 9.17) is 4.42 Å². The van der Waals surface area contributed by atoms with Crippen molar-refractivity contribution in [2.45, 2.75) is 39.3 Å². The van der Waals surface area contributed by atoms with Crippen molar-refractivity contribution in [1.29, 1.82) is 0 Å². The molecule has 0 aromatic carbocycles. The summed E-state index contributed by atoms with van der Waals surface area (Å²) in [5.41, 5.74) is 0.950. The molecule has 0 aliphatic carbocycles. The highest BCUT2D eigenvalue weighted by Gasteiger charge is 2.48. The summed E-state index contributed by atoms with van der Waals surface area (Å²) >= 11 is 0. The van der Waals surface area contributed by atoms with E-state index < -0.39 is 0 Å². The van der Waals surface area contributed by atoms with Crippen molar-refractivity contribution in [2.24, 2.45) is 5.41 Å². The molecule has 5 nitrogen and oxygen atoms in total. The largest absolute Gasteiger partial charge is 0.465 e. The zero-order valence-electron chi connectivity index (χ0n) is 14.8. The number of furan rings is 1. The summed E-state index contributed by atoms with van der Waals surface area (Å²) in [5.74, 6) is 2.26. The molecule has 5 heteroatoms. The molecule has 2 aliphatic heterocycles. The van der Waals surface area contributed by atoms with Crippen LogP contribution >= 0.6 is 0 Å². The average Bonchev–Trinajstić information content (AvgIpc) is 3.15. The molecule has 0 unspecified atom stereocenters. The average molecular weight is 339 g/mol. The van der Waals surface area contributed by atoms with Gasteiger partial charge in [-0.1, -0.05) is 0 Å². The van der Waals surface area contributed by atoms with Crippen LogP contribution in [0, 0.1) is 12.3 Å². The van der Waals surface area contributed by atoms with Crippen LogP contribution in [0.3, 0.4) is 0 Å². The van der Waals surface area contributed by atoms with Crippen LogP contribution in [-0.2, 0) is 17.9 Å². The van der Waals surface area contributed by atoms with Gasteiger partial charge < -0.3 is 9.32 Å². The Labute approximate surface area is 148 Å². The van der Waals surface area contributed by atoms with Gasteiger partial charge in [-0.3, -0.25) is 14.7 Å². The molecule has 4 rings (SSSR count). The Hall–Kier alpha value is -2.14. The SMILES string of the molecule is Cc1ccc(CN2CCC[C@@]3(CCN(Cc4ccncc4)C3=O)C2)o1. The van der Waals surface area contributed by atoms with Crippen molar-refractivity contribution in [3.8, 4) is 0 Å². The summed E-state index contributed by atoms with van der Waals surface area (Å²) in [5, 5.41) is 0. The lowest BCUT2D eigenvalue weighted by molar-refractivity contribution is -0.139. The lowest BCUT2D eigenvalue weighted by Crippen LogP contribution is -2.47. The summed E-state index contributed by atoms with van der Waals surface area (Å²) in [4.78, 5) is 21.6. The van der Waals surface area contributed by atoms with Gasteiger partial charge in [-0.15, -0.1) is 0 Å². The highest BCUT2D eigenvalue weighted by Crippen LogP contribution is 2.41. The summed E-state index contributed by atoms with van der Waals surface area (Å²) in [7, 11) is 0. The molecule has 1 spiro atoms. The fourth-order valence-electron chi connectivity index (χ4n) is 4.28. The van der Waals surface area contributed by atoms with Crippen LogP contribution < -0.4 is 0 Å². The van der Waals surface area contributed by atoms with Crippen molar-refractivity contribution in [2.75, 3.05) is 19.6 Å². The van der Waals surface area contributed by atoms with E-state index in [1.165, 1.54) is 0 Å². The summed E-state index contributed by atoms with van der Waals surface area (Å²) < 4.78 is 5.72. The second-order valence-corrected chi connectivity index (χ2v) is 7.44. The molecule has 2 aliphatic rings. The molecule has 1 atom stereocenters. The van der Waals surface area contributed by atoms with E-state index >= 15 is 0 Å². The number of aromatic nitrogens is 1. The van der Waals surface area contributed by atoms with E-state index in [2.05, 4.69) is 9.88 Å². The van der Waals surface area contributed by atoms with Crippen molar-refractivity contribution >= 4 is 5.91 Å². The topological polar surface area (TPSA) is 49.6 Å². The Kier molecular flexibility index (Phi) is 4.34. The highest BCUT2D eigenvalue weighted by molar-refractivity contribution is 5.85. The van der Waals surface area contributed by atoms with Crippen LogP contribution in [-0.4, -0.2) is 40.3 Å². The minimum absolute atomic E-state index is 0.201. The summed E-state index contributed by atoms with van der Waals surface area (Å²) in [6, 6.07) is 8.03.